The molecule has 0 spiro atoms. The van der Waals surface area contributed by atoms with Crippen molar-refractivity contribution in [2.24, 2.45) is 0 Å². The van der Waals surface area contributed by atoms with Gasteiger partial charge in [0, 0.05) is 35.9 Å². The summed E-state index contributed by atoms with van der Waals surface area (Å²) in [5, 5.41) is 3.64. The lowest BCUT2D eigenvalue weighted by Gasteiger charge is -2.16. The lowest BCUT2D eigenvalue weighted by Crippen LogP contribution is -2.21. The normalized spacial score (nSPS) is 16.3. The number of halogens is 1. The maximum absolute atomic E-state index is 12.7. The van der Waals surface area contributed by atoms with Crippen LogP contribution in [0.4, 0.5) is 5.69 Å². The van der Waals surface area contributed by atoms with Crippen LogP contribution in [0.1, 0.15) is 39.8 Å². The number of ether oxygens (including phenoxy) is 1. The minimum atomic E-state index is -0.219. The first-order valence-corrected chi connectivity index (χ1v) is 10.7. The molecule has 1 fully saturated rings. The number of benzene rings is 2. The van der Waals surface area contributed by atoms with Crippen LogP contribution >= 0.6 is 11.6 Å². The van der Waals surface area contributed by atoms with Gasteiger partial charge in [0.15, 0.2) is 0 Å². The van der Waals surface area contributed by atoms with Gasteiger partial charge in [-0.2, -0.15) is 0 Å². The van der Waals surface area contributed by atoms with Crippen LogP contribution in [0.15, 0.2) is 54.7 Å². The molecule has 1 aromatic heterocycles. The highest BCUT2D eigenvalue weighted by Crippen LogP contribution is 2.27. The molecule has 1 amide bonds. The number of nitrogens with zero attached hydrogens (tertiary/aromatic N) is 3. The van der Waals surface area contributed by atoms with Crippen molar-refractivity contribution in [3.05, 3.63) is 82.4 Å². The maximum atomic E-state index is 12.7. The summed E-state index contributed by atoms with van der Waals surface area (Å²) in [5.74, 6) is 1.58. The summed E-state index contributed by atoms with van der Waals surface area (Å²) >= 11 is 6.10. The third-order valence-electron chi connectivity index (χ3n) is 5.52. The van der Waals surface area contributed by atoms with Crippen molar-refractivity contribution in [3.63, 3.8) is 0 Å². The van der Waals surface area contributed by atoms with Crippen molar-refractivity contribution < 1.29 is 9.53 Å². The summed E-state index contributed by atoms with van der Waals surface area (Å²) in [6, 6.07) is 15.2. The highest BCUT2D eigenvalue weighted by molar-refractivity contribution is 6.30. The number of rotatable bonds is 6. The van der Waals surface area contributed by atoms with E-state index in [-0.39, 0.29) is 11.8 Å². The second kappa shape index (κ2) is 9.45. The molecule has 0 unspecified atom stereocenters. The van der Waals surface area contributed by atoms with Gasteiger partial charge in [0.1, 0.15) is 11.6 Å². The molecule has 0 bridgehead atoms. The fourth-order valence-corrected chi connectivity index (χ4v) is 4.07. The van der Waals surface area contributed by atoms with Gasteiger partial charge in [-0.15, -0.1) is 0 Å². The Morgan fingerprint density at radius 1 is 1.26 bits per heavy atom. The molecule has 160 valence electrons. The minimum absolute atomic E-state index is 0.219. The predicted octanol–water partition coefficient (Wildman–Crippen LogP) is 4.69. The summed E-state index contributed by atoms with van der Waals surface area (Å²) in [4.78, 5) is 24.2. The SMILES string of the molecule is COc1ccc(NC(=O)c2cnc([C@H]3CCN(Cc4cccc(Cl)c4)C3)nc2C)cc1. The number of methoxy groups -OCH3 is 1. The number of carbonyl (C=O) groups is 1. The quantitative estimate of drug-likeness (QED) is 0.607. The standard InChI is InChI=1S/C24H25ClN4O2/c1-16-22(24(30)28-20-6-8-21(31-2)9-7-20)13-26-23(27-16)18-10-11-29(15-18)14-17-4-3-5-19(25)12-17/h3-9,12-13,18H,10-11,14-15H2,1-2H3,(H,28,30)/t18-/m0/s1. The van der Waals surface area contributed by atoms with E-state index in [1.807, 2.05) is 25.1 Å². The van der Waals surface area contributed by atoms with E-state index in [1.54, 1.807) is 37.6 Å². The molecule has 4 rings (SSSR count). The van der Waals surface area contributed by atoms with Crippen molar-refractivity contribution in [2.45, 2.75) is 25.8 Å². The van der Waals surface area contributed by atoms with Gasteiger partial charge in [-0.25, -0.2) is 9.97 Å². The molecule has 1 atom stereocenters. The molecule has 1 N–H and O–H groups in total. The van der Waals surface area contributed by atoms with Crippen LogP contribution in [0.3, 0.4) is 0 Å². The van der Waals surface area contributed by atoms with Crippen LogP contribution in [-0.2, 0) is 6.54 Å². The van der Waals surface area contributed by atoms with Gasteiger partial charge in [0.05, 0.1) is 18.4 Å². The third-order valence-corrected chi connectivity index (χ3v) is 5.76. The highest BCUT2D eigenvalue weighted by Gasteiger charge is 2.27. The minimum Gasteiger partial charge on any atom is -0.497 e. The molecular weight excluding hydrogens is 412 g/mol. The number of nitrogens with one attached hydrogen (secondary N) is 1. The Kier molecular flexibility index (Phi) is 6.49. The van der Waals surface area contributed by atoms with Gasteiger partial charge in [0.25, 0.3) is 5.91 Å². The first kappa shape index (κ1) is 21.3. The average Bonchev–Trinajstić information content (AvgIpc) is 3.22. The Morgan fingerprint density at radius 2 is 2.06 bits per heavy atom. The molecule has 2 aromatic carbocycles. The molecule has 6 nitrogen and oxygen atoms in total. The molecule has 1 saturated heterocycles. The highest BCUT2D eigenvalue weighted by atomic mass is 35.5. The summed E-state index contributed by atoms with van der Waals surface area (Å²) in [6.07, 6.45) is 2.63. The van der Waals surface area contributed by atoms with Gasteiger partial charge in [-0.1, -0.05) is 23.7 Å². The zero-order valence-corrected chi connectivity index (χ0v) is 18.4. The molecule has 3 aromatic rings. The Balaban J connectivity index is 1.39. The predicted molar refractivity (Wildman–Crippen MR) is 122 cm³/mol. The molecule has 0 radical (unpaired) electrons. The van der Waals surface area contributed by atoms with Crippen molar-refractivity contribution in [1.29, 1.82) is 0 Å². The number of amides is 1. The summed E-state index contributed by atoms with van der Waals surface area (Å²) in [6.45, 7) is 4.59. The number of aryl methyl sites for hydroxylation is 1. The van der Waals surface area contributed by atoms with Gasteiger partial charge in [-0.3, -0.25) is 9.69 Å². The van der Waals surface area contributed by atoms with Crippen molar-refractivity contribution in [3.8, 4) is 5.75 Å². The lowest BCUT2D eigenvalue weighted by atomic mass is 10.1. The molecule has 0 saturated carbocycles. The molecule has 0 aliphatic carbocycles. The second-order valence-corrected chi connectivity index (χ2v) is 8.20. The molecular formula is C24H25ClN4O2. The van der Waals surface area contributed by atoms with Gasteiger partial charge in [-0.05, 0) is 61.9 Å². The van der Waals surface area contributed by atoms with Gasteiger partial charge in [0.2, 0.25) is 0 Å². The summed E-state index contributed by atoms with van der Waals surface area (Å²) in [7, 11) is 1.61. The number of aromatic nitrogens is 2. The van der Waals surface area contributed by atoms with Crippen LogP contribution in [0.5, 0.6) is 5.75 Å². The van der Waals surface area contributed by atoms with E-state index in [2.05, 4.69) is 26.3 Å². The smallest absolute Gasteiger partial charge is 0.259 e. The molecule has 2 heterocycles. The summed E-state index contributed by atoms with van der Waals surface area (Å²) < 4.78 is 5.14. The van der Waals surface area contributed by atoms with E-state index in [0.717, 1.165) is 42.7 Å². The largest absolute Gasteiger partial charge is 0.497 e. The zero-order valence-electron chi connectivity index (χ0n) is 17.6. The Labute approximate surface area is 187 Å². The average molecular weight is 437 g/mol. The van der Waals surface area contributed by atoms with Crippen LogP contribution in [0.25, 0.3) is 0 Å². The monoisotopic (exact) mass is 436 g/mol. The Bertz CT molecular complexity index is 1070. The van der Waals surface area contributed by atoms with Crippen molar-refractivity contribution in [1.82, 2.24) is 14.9 Å². The van der Waals surface area contributed by atoms with E-state index in [4.69, 9.17) is 16.3 Å². The van der Waals surface area contributed by atoms with Crippen molar-refractivity contribution >= 4 is 23.2 Å². The lowest BCUT2D eigenvalue weighted by molar-refractivity contribution is 0.102. The Hall–Kier alpha value is -2.96. The van der Waals surface area contributed by atoms with E-state index < -0.39 is 0 Å². The molecule has 1 aliphatic heterocycles. The van der Waals surface area contributed by atoms with Crippen molar-refractivity contribution in [2.75, 3.05) is 25.5 Å². The molecule has 31 heavy (non-hydrogen) atoms. The van der Waals surface area contributed by atoms with Crippen LogP contribution in [0.2, 0.25) is 5.02 Å². The number of likely N-dealkylation sites (tertiary alicyclic amines) is 1. The second-order valence-electron chi connectivity index (χ2n) is 7.76. The molecule has 1 aliphatic rings. The number of hydrogen-bond donors (Lipinski definition) is 1. The van der Waals surface area contributed by atoms with Crippen LogP contribution < -0.4 is 10.1 Å². The van der Waals surface area contributed by atoms with E-state index in [9.17, 15) is 4.79 Å². The van der Waals surface area contributed by atoms with Crippen LogP contribution in [-0.4, -0.2) is 41.0 Å². The van der Waals surface area contributed by atoms with E-state index in [1.165, 1.54) is 5.56 Å². The number of anilines is 1. The first-order chi connectivity index (χ1) is 15.0. The van der Waals surface area contributed by atoms with Crippen LogP contribution in [0, 0.1) is 6.92 Å². The number of carbonyl (C=O) groups excluding carboxylic acids is 1. The van der Waals surface area contributed by atoms with Gasteiger partial charge < -0.3 is 10.1 Å². The number of hydrogen-bond acceptors (Lipinski definition) is 5. The Morgan fingerprint density at radius 3 is 2.77 bits per heavy atom. The summed E-state index contributed by atoms with van der Waals surface area (Å²) in [5.41, 5.74) is 3.06. The first-order valence-electron chi connectivity index (χ1n) is 10.3. The topological polar surface area (TPSA) is 67.3 Å². The third kappa shape index (κ3) is 5.21. The zero-order chi connectivity index (χ0) is 21.8. The maximum Gasteiger partial charge on any atom is 0.259 e. The van der Waals surface area contributed by atoms with Gasteiger partial charge >= 0.3 is 0 Å². The van der Waals surface area contributed by atoms with E-state index >= 15 is 0 Å². The molecule has 7 heteroatoms. The fourth-order valence-electron chi connectivity index (χ4n) is 3.86. The van der Waals surface area contributed by atoms with E-state index in [0.29, 0.717) is 16.9 Å². The fraction of sp³-hybridized carbons (Fsp3) is 0.292.